The Morgan fingerprint density at radius 1 is 1.50 bits per heavy atom. The van der Waals surface area contributed by atoms with E-state index in [-0.39, 0.29) is 5.60 Å². The van der Waals surface area contributed by atoms with E-state index >= 15 is 0 Å². The van der Waals surface area contributed by atoms with E-state index in [1.807, 2.05) is 0 Å². The third kappa shape index (κ3) is 1.76. The van der Waals surface area contributed by atoms with Crippen molar-refractivity contribution in [2.45, 2.75) is 31.8 Å². The first-order valence-corrected chi connectivity index (χ1v) is 4.82. The van der Waals surface area contributed by atoms with Crippen molar-refractivity contribution in [3.8, 4) is 5.88 Å². The molecule has 3 heteroatoms. The van der Waals surface area contributed by atoms with Crippen LogP contribution in [-0.4, -0.2) is 16.9 Å². The molecule has 0 unspecified atom stereocenters. The number of hydrogen-bond acceptors (Lipinski definition) is 3. The van der Waals surface area contributed by atoms with Crippen LogP contribution < -0.4 is 4.74 Å². The third-order valence-electron chi connectivity index (χ3n) is 2.66. The van der Waals surface area contributed by atoms with Crippen LogP contribution in [-0.2, 0) is 0 Å². The summed E-state index contributed by atoms with van der Waals surface area (Å²) in [6.07, 6.45) is 5.71. The number of carbonyl (C=O) groups excluding carboxylic acids is 1. The molecule has 0 radical (unpaired) electrons. The molecule has 1 aliphatic rings. The molecule has 0 amide bonds. The quantitative estimate of drug-likeness (QED) is 0.687. The zero-order chi connectivity index (χ0) is 10.0. The second-order valence-corrected chi connectivity index (χ2v) is 3.95. The van der Waals surface area contributed by atoms with Gasteiger partial charge in [0.25, 0.3) is 0 Å². The van der Waals surface area contributed by atoms with E-state index in [9.17, 15) is 4.79 Å². The Labute approximate surface area is 83.1 Å². The Morgan fingerprint density at radius 3 is 2.71 bits per heavy atom. The van der Waals surface area contributed by atoms with Crippen LogP contribution in [0.1, 0.15) is 36.5 Å². The highest BCUT2D eigenvalue weighted by Crippen LogP contribution is 2.35. The molecule has 0 atom stereocenters. The van der Waals surface area contributed by atoms with Crippen LogP contribution in [0.5, 0.6) is 5.88 Å². The summed E-state index contributed by atoms with van der Waals surface area (Å²) in [5.41, 5.74) is 0.548. The molecule has 1 heterocycles. The van der Waals surface area contributed by atoms with Gasteiger partial charge in [0.2, 0.25) is 5.88 Å². The van der Waals surface area contributed by atoms with Crippen LogP contribution >= 0.6 is 0 Å². The average Bonchev–Trinajstić information content (AvgIpc) is 2.17. The van der Waals surface area contributed by atoms with Crippen molar-refractivity contribution in [1.29, 1.82) is 0 Å². The third-order valence-corrected chi connectivity index (χ3v) is 2.66. The van der Waals surface area contributed by atoms with Gasteiger partial charge in [0, 0.05) is 17.8 Å². The predicted molar refractivity (Wildman–Crippen MR) is 52.5 cm³/mol. The van der Waals surface area contributed by atoms with Gasteiger partial charge in [0.05, 0.1) is 0 Å². The molecule has 1 aromatic heterocycles. The minimum absolute atomic E-state index is 0.0320. The maximum absolute atomic E-state index is 10.4. The molecule has 0 N–H and O–H groups in total. The number of nitrogens with zero attached hydrogens (tertiary/aromatic N) is 1. The molecule has 0 spiro atoms. The van der Waals surface area contributed by atoms with Crippen molar-refractivity contribution in [3.63, 3.8) is 0 Å². The molecule has 0 bridgehead atoms. The summed E-state index contributed by atoms with van der Waals surface area (Å²) in [5.74, 6) is 0.609. The fourth-order valence-corrected chi connectivity index (χ4v) is 1.55. The van der Waals surface area contributed by atoms with E-state index in [4.69, 9.17) is 4.74 Å². The highest BCUT2D eigenvalue weighted by Gasteiger charge is 2.34. The summed E-state index contributed by atoms with van der Waals surface area (Å²) in [7, 11) is 0. The zero-order valence-corrected chi connectivity index (χ0v) is 8.19. The number of carbonyl (C=O) groups is 1. The molecule has 1 saturated carbocycles. The first kappa shape index (κ1) is 9.19. The Bertz CT molecular complexity index is 328. The molecule has 1 fully saturated rings. The van der Waals surface area contributed by atoms with Crippen molar-refractivity contribution in [2.24, 2.45) is 0 Å². The van der Waals surface area contributed by atoms with Gasteiger partial charge >= 0.3 is 0 Å². The number of hydrogen-bond donors (Lipinski definition) is 0. The smallest absolute Gasteiger partial charge is 0.213 e. The van der Waals surface area contributed by atoms with E-state index in [1.165, 1.54) is 12.6 Å². The fourth-order valence-electron chi connectivity index (χ4n) is 1.55. The van der Waals surface area contributed by atoms with Gasteiger partial charge in [-0.1, -0.05) is 0 Å². The van der Waals surface area contributed by atoms with Crippen molar-refractivity contribution >= 4 is 6.29 Å². The Morgan fingerprint density at radius 2 is 2.29 bits per heavy atom. The topological polar surface area (TPSA) is 39.2 Å². The van der Waals surface area contributed by atoms with Gasteiger partial charge in [-0.05, 0) is 32.3 Å². The lowest BCUT2D eigenvalue weighted by molar-refractivity contribution is 0.00722. The van der Waals surface area contributed by atoms with Crippen molar-refractivity contribution in [3.05, 3.63) is 23.9 Å². The summed E-state index contributed by atoms with van der Waals surface area (Å²) < 4.78 is 5.71. The average molecular weight is 191 g/mol. The molecule has 14 heavy (non-hydrogen) atoms. The molecule has 1 aromatic rings. The summed E-state index contributed by atoms with van der Waals surface area (Å²) in [5, 5.41) is 0. The molecule has 0 aliphatic heterocycles. The van der Waals surface area contributed by atoms with Crippen LogP contribution in [0.4, 0.5) is 0 Å². The molecule has 1 aliphatic carbocycles. The minimum Gasteiger partial charge on any atom is -0.471 e. The first-order valence-electron chi connectivity index (χ1n) is 4.82. The SMILES string of the molecule is CC1(Oc2ccc(C=O)cn2)CCC1. The second kappa shape index (κ2) is 3.40. The van der Waals surface area contributed by atoms with Gasteiger partial charge in [-0.2, -0.15) is 0 Å². The second-order valence-electron chi connectivity index (χ2n) is 3.95. The molecule has 2 rings (SSSR count). The lowest BCUT2D eigenvalue weighted by Gasteiger charge is -2.37. The summed E-state index contributed by atoms with van der Waals surface area (Å²) in [4.78, 5) is 14.5. The van der Waals surface area contributed by atoms with Crippen LogP contribution in [0, 0.1) is 0 Å². The van der Waals surface area contributed by atoms with E-state index in [0.29, 0.717) is 11.4 Å². The van der Waals surface area contributed by atoms with Gasteiger partial charge < -0.3 is 4.74 Å². The standard InChI is InChI=1S/C11H13NO2/c1-11(5-2-6-11)14-10-4-3-9(8-13)7-12-10/h3-4,7-8H,2,5-6H2,1H3. The molecule has 0 aromatic carbocycles. The van der Waals surface area contributed by atoms with Crippen LogP contribution in [0.2, 0.25) is 0 Å². The first-order chi connectivity index (χ1) is 6.72. The molecule has 74 valence electrons. The van der Waals surface area contributed by atoms with Crippen LogP contribution in [0.15, 0.2) is 18.3 Å². The summed E-state index contributed by atoms with van der Waals surface area (Å²) in [6.45, 7) is 2.09. The monoisotopic (exact) mass is 191 g/mol. The lowest BCUT2D eigenvalue weighted by atomic mass is 9.82. The number of aldehydes is 1. The van der Waals surface area contributed by atoms with E-state index in [1.54, 1.807) is 12.1 Å². The maximum Gasteiger partial charge on any atom is 0.213 e. The van der Waals surface area contributed by atoms with E-state index in [2.05, 4.69) is 11.9 Å². The Kier molecular flexibility index (Phi) is 2.23. The van der Waals surface area contributed by atoms with Gasteiger partial charge in [-0.25, -0.2) is 4.98 Å². The number of pyridine rings is 1. The summed E-state index contributed by atoms with van der Waals surface area (Å²) in [6, 6.07) is 3.46. The highest BCUT2D eigenvalue weighted by atomic mass is 16.5. The largest absolute Gasteiger partial charge is 0.471 e. The maximum atomic E-state index is 10.4. The van der Waals surface area contributed by atoms with Crippen molar-refractivity contribution < 1.29 is 9.53 Å². The fraction of sp³-hybridized carbons (Fsp3) is 0.455. The van der Waals surface area contributed by atoms with Gasteiger partial charge in [0.15, 0.2) is 6.29 Å². The van der Waals surface area contributed by atoms with Gasteiger partial charge in [-0.3, -0.25) is 4.79 Å². The number of aromatic nitrogens is 1. The van der Waals surface area contributed by atoms with E-state index < -0.39 is 0 Å². The lowest BCUT2D eigenvalue weighted by Crippen LogP contribution is -2.39. The Balaban J connectivity index is 2.06. The highest BCUT2D eigenvalue weighted by molar-refractivity contribution is 5.73. The molecular formula is C11H13NO2. The number of rotatable bonds is 3. The zero-order valence-electron chi connectivity index (χ0n) is 8.19. The Hall–Kier alpha value is -1.38. The normalized spacial score (nSPS) is 18.4. The molecule has 0 saturated heterocycles. The van der Waals surface area contributed by atoms with Gasteiger partial charge in [-0.15, -0.1) is 0 Å². The van der Waals surface area contributed by atoms with Gasteiger partial charge in [0.1, 0.15) is 5.60 Å². The van der Waals surface area contributed by atoms with Crippen molar-refractivity contribution in [1.82, 2.24) is 4.98 Å². The minimum atomic E-state index is -0.0320. The van der Waals surface area contributed by atoms with Crippen molar-refractivity contribution in [2.75, 3.05) is 0 Å². The molecular weight excluding hydrogens is 178 g/mol. The summed E-state index contributed by atoms with van der Waals surface area (Å²) >= 11 is 0. The van der Waals surface area contributed by atoms with Crippen LogP contribution in [0.25, 0.3) is 0 Å². The molecule has 3 nitrogen and oxygen atoms in total. The van der Waals surface area contributed by atoms with Crippen LogP contribution in [0.3, 0.4) is 0 Å². The van der Waals surface area contributed by atoms with E-state index in [0.717, 1.165) is 19.1 Å². The number of ether oxygens (including phenoxy) is 1. The predicted octanol–water partition coefficient (Wildman–Crippen LogP) is 2.22.